The number of hydrogen-bond acceptors (Lipinski definition) is 5. The molecular formula is C15H20N2O4. The molecule has 3 rings (SSSR count). The van der Waals surface area contributed by atoms with Gasteiger partial charge >= 0.3 is 5.97 Å². The Morgan fingerprint density at radius 2 is 2.10 bits per heavy atom. The van der Waals surface area contributed by atoms with E-state index in [1.165, 1.54) is 0 Å². The second-order valence-corrected chi connectivity index (χ2v) is 5.75. The monoisotopic (exact) mass is 292 g/mol. The molecule has 1 aromatic carbocycles. The molecule has 0 radical (unpaired) electrons. The maximum absolute atomic E-state index is 11.2. The van der Waals surface area contributed by atoms with Crippen molar-refractivity contribution >= 4 is 5.97 Å². The molecule has 1 unspecified atom stereocenters. The fourth-order valence-electron chi connectivity index (χ4n) is 2.79. The summed E-state index contributed by atoms with van der Waals surface area (Å²) in [4.78, 5) is 13.2. The van der Waals surface area contributed by atoms with Crippen molar-refractivity contribution in [3.63, 3.8) is 0 Å². The van der Waals surface area contributed by atoms with Crippen LogP contribution in [-0.2, 0) is 11.3 Å². The largest absolute Gasteiger partial charge is 0.490 e. The van der Waals surface area contributed by atoms with Crippen molar-refractivity contribution in [2.24, 2.45) is 5.73 Å². The fourth-order valence-corrected chi connectivity index (χ4v) is 2.79. The lowest BCUT2D eigenvalue weighted by atomic mass is 10.0. The van der Waals surface area contributed by atoms with Gasteiger partial charge in [0.2, 0.25) is 0 Å². The number of carboxylic acid groups (broad SMARTS) is 1. The van der Waals surface area contributed by atoms with Crippen LogP contribution >= 0.6 is 0 Å². The lowest BCUT2D eigenvalue weighted by molar-refractivity contribution is -0.142. The van der Waals surface area contributed by atoms with Crippen molar-refractivity contribution in [3.05, 3.63) is 23.8 Å². The van der Waals surface area contributed by atoms with Gasteiger partial charge in [0, 0.05) is 26.1 Å². The zero-order chi connectivity index (χ0) is 14.9. The Balaban J connectivity index is 1.69. The zero-order valence-electron chi connectivity index (χ0n) is 11.9. The van der Waals surface area contributed by atoms with Gasteiger partial charge in [-0.05, 0) is 24.1 Å². The molecule has 6 heteroatoms. The van der Waals surface area contributed by atoms with Crippen LogP contribution in [0.25, 0.3) is 0 Å². The molecule has 1 saturated heterocycles. The molecule has 6 nitrogen and oxygen atoms in total. The van der Waals surface area contributed by atoms with Crippen molar-refractivity contribution in [1.82, 2.24) is 4.90 Å². The van der Waals surface area contributed by atoms with Gasteiger partial charge in [-0.25, -0.2) is 0 Å². The van der Waals surface area contributed by atoms with Gasteiger partial charge in [0.05, 0.1) is 13.2 Å². The molecule has 2 heterocycles. The predicted molar refractivity (Wildman–Crippen MR) is 76.5 cm³/mol. The molecule has 0 spiro atoms. The molecule has 1 aromatic rings. The van der Waals surface area contributed by atoms with E-state index in [1.54, 1.807) is 0 Å². The number of nitrogens with two attached hydrogens (primary N) is 1. The zero-order valence-corrected chi connectivity index (χ0v) is 11.9. The highest BCUT2D eigenvalue weighted by Gasteiger charge is 2.41. The molecule has 2 aliphatic heterocycles. The van der Waals surface area contributed by atoms with Gasteiger partial charge in [-0.2, -0.15) is 0 Å². The maximum Gasteiger partial charge on any atom is 0.325 e. The predicted octanol–water partition coefficient (Wildman–Crippen LogP) is 0.836. The highest BCUT2D eigenvalue weighted by molar-refractivity contribution is 5.79. The summed E-state index contributed by atoms with van der Waals surface area (Å²) in [6.07, 6.45) is 1.36. The van der Waals surface area contributed by atoms with E-state index in [0.29, 0.717) is 39.3 Å². The Morgan fingerprint density at radius 3 is 2.81 bits per heavy atom. The minimum absolute atomic E-state index is 0.372. The minimum atomic E-state index is -1.12. The number of nitrogens with zero attached hydrogens (tertiary/aromatic N) is 1. The van der Waals surface area contributed by atoms with Crippen molar-refractivity contribution < 1.29 is 19.4 Å². The van der Waals surface area contributed by atoms with Crippen LogP contribution in [0.1, 0.15) is 18.4 Å². The second-order valence-electron chi connectivity index (χ2n) is 5.75. The van der Waals surface area contributed by atoms with Crippen LogP contribution in [0.15, 0.2) is 18.2 Å². The second kappa shape index (κ2) is 5.54. The number of carboxylic acids is 1. The molecule has 1 atom stereocenters. The summed E-state index contributed by atoms with van der Waals surface area (Å²) in [6.45, 7) is 3.06. The third-order valence-corrected chi connectivity index (χ3v) is 4.02. The van der Waals surface area contributed by atoms with Crippen LogP contribution in [0.5, 0.6) is 11.5 Å². The SMILES string of the molecule is NC1(C(=O)O)CCN(Cc2ccc3c(c2)OCCCO3)C1. The summed E-state index contributed by atoms with van der Waals surface area (Å²) < 4.78 is 11.3. The summed E-state index contributed by atoms with van der Waals surface area (Å²) in [5, 5.41) is 9.16. The van der Waals surface area contributed by atoms with E-state index in [-0.39, 0.29) is 0 Å². The third-order valence-electron chi connectivity index (χ3n) is 4.02. The van der Waals surface area contributed by atoms with E-state index in [1.807, 2.05) is 18.2 Å². The first-order chi connectivity index (χ1) is 10.1. The van der Waals surface area contributed by atoms with Gasteiger partial charge in [-0.1, -0.05) is 6.07 Å². The Hall–Kier alpha value is -1.79. The van der Waals surface area contributed by atoms with Crippen LogP contribution in [-0.4, -0.2) is 47.8 Å². The molecule has 3 N–H and O–H groups in total. The van der Waals surface area contributed by atoms with Gasteiger partial charge in [-0.15, -0.1) is 0 Å². The molecule has 0 amide bonds. The molecule has 2 aliphatic rings. The van der Waals surface area contributed by atoms with Crippen LogP contribution in [0, 0.1) is 0 Å². The summed E-state index contributed by atoms with van der Waals surface area (Å²) >= 11 is 0. The van der Waals surface area contributed by atoms with Crippen LogP contribution in [0.2, 0.25) is 0 Å². The lowest BCUT2D eigenvalue weighted by Gasteiger charge is -2.20. The first-order valence-corrected chi connectivity index (χ1v) is 7.20. The van der Waals surface area contributed by atoms with Crippen LogP contribution < -0.4 is 15.2 Å². The minimum Gasteiger partial charge on any atom is -0.490 e. The van der Waals surface area contributed by atoms with Gasteiger partial charge in [-0.3, -0.25) is 9.69 Å². The molecule has 1 fully saturated rings. The molecule has 0 aromatic heterocycles. The van der Waals surface area contributed by atoms with E-state index >= 15 is 0 Å². The maximum atomic E-state index is 11.2. The molecular weight excluding hydrogens is 272 g/mol. The molecule has 21 heavy (non-hydrogen) atoms. The van der Waals surface area contributed by atoms with Crippen molar-refractivity contribution in [2.45, 2.75) is 24.9 Å². The standard InChI is InChI=1S/C15H20N2O4/c16-15(14(18)19)4-5-17(10-15)9-11-2-3-12-13(8-11)21-7-1-6-20-12/h2-3,8H,1,4-7,9-10,16H2,(H,18,19). The van der Waals surface area contributed by atoms with Crippen molar-refractivity contribution in [2.75, 3.05) is 26.3 Å². The number of fused-ring (bicyclic) bond motifs is 1. The third kappa shape index (κ3) is 2.96. The smallest absolute Gasteiger partial charge is 0.325 e. The van der Waals surface area contributed by atoms with Gasteiger partial charge < -0.3 is 20.3 Å². The van der Waals surface area contributed by atoms with Crippen molar-refractivity contribution in [3.8, 4) is 11.5 Å². The number of aliphatic carboxylic acids is 1. The molecule has 114 valence electrons. The van der Waals surface area contributed by atoms with Gasteiger partial charge in [0.1, 0.15) is 5.54 Å². The van der Waals surface area contributed by atoms with Gasteiger partial charge in [0.25, 0.3) is 0 Å². The number of benzene rings is 1. The topological polar surface area (TPSA) is 85.0 Å². The van der Waals surface area contributed by atoms with E-state index in [4.69, 9.17) is 20.3 Å². The fraction of sp³-hybridized carbons (Fsp3) is 0.533. The van der Waals surface area contributed by atoms with Gasteiger partial charge in [0.15, 0.2) is 11.5 Å². The number of hydrogen-bond donors (Lipinski definition) is 2. The van der Waals surface area contributed by atoms with E-state index in [2.05, 4.69) is 4.90 Å². The van der Waals surface area contributed by atoms with Crippen LogP contribution in [0.4, 0.5) is 0 Å². The number of carbonyl (C=O) groups is 1. The van der Waals surface area contributed by atoms with Crippen molar-refractivity contribution in [1.29, 1.82) is 0 Å². The van der Waals surface area contributed by atoms with E-state index in [0.717, 1.165) is 23.5 Å². The average Bonchev–Trinajstić information content (AvgIpc) is 2.70. The summed E-state index contributed by atoms with van der Waals surface area (Å²) in [5.41, 5.74) is 5.85. The normalized spacial score (nSPS) is 25.6. The Bertz CT molecular complexity index is 548. The Kier molecular flexibility index (Phi) is 3.73. The Labute approximate surface area is 123 Å². The number of ether oxygens (including phenoxy) is 2. The molecule has 0 saturated carbocycles. The summed E-state index contributed by atoms with van der Waals surface area (Å²) in [7, 11) is 0. The summed E-state index contributed by atoms with van der Waals surface area (Å²) in [5.74, 6) is 0.612. The average molecular weight is 292 g/mol. The first kappa shape index (κ1) is 14.2. The highest BCUT2D eigenvalue weighted by atomic mass is 16.5. The number of rotatable bonds is 3. The Morgan fingerprint density at radius 1 is 1.33 bits per heavy atom. The summed E-state index contributed by atoms with van der Waals surface area (Å²) in [6, 6.07) is 5.88. The van der Waals surface area contributed by atoms with Crippen LogP contribution in [0.3, 0.4) is 0 Å². The quantitative estimate of drug-likeness (QED) is 0.858. The van der Waals surface area contributed by atoms with E-state index in [9.17, 15) is 4.79 Å². The highest BCUT2D eigenvalue weighted by Crippen LogP contribution is 2.31. The lowest BCUT2D eigenvalue weighted by Crippen LogP contribution is -2.50. The number of likely N-dealkylation sites (tertiary alicyclic amines) is 1. The first-order valence-electron chi connectivity index (χ1n) is 7.20. The molecule has 0 bridgehead atoms. The molecule has 0 aliphatic carbocycles. The van der Waals surface area contributed by atoms with E-state index < -0.39 is 11.5 Å².